The second-order valence-corrected chi connectivity index (χ2v) is 4.91. The molecule has 4 nitrogen and oxygen atoms in total. The Morgan fingerprint density at radius 1 is 1.37 bits per heavy atom. The molecule has 106 valence electrons. The average Bonchev–Trinajstić information content (AvgIpc) is 2.44. The van der Waals surface area contributed by atoms with Crippen molar-refractivity contribution in [3.63, 3.8) is 0 Å². The topological polar surface area (TPSA) is 75.3 Å². The van der Waals surface area contributed by atoms with Crippen molar-refractivity contribution in [1.29, 1.82) is 0 Å². The largest absolute Gasteiger partial charge is 0.391 e. The molecule has 0 radical (unpaired) electrons. The van der Waals surface area contributed by atoms with Crippen LogP contribution in [0.1, 0.15) is 38.3 Å². The van der Waals surface area contributed by atoms with Gasteiger partial charge in [-0.15, -0.1) is 0 Å². The Hall–Kier alpha value is -1.39. The lowest BCUT2D eigenvalue weighted by Crippen LogP contribution is -2.39. The van der Waals surface area contributed by atoms with Gasteiger partial charge in [0, 0.05) is 12.6 Å². The van der Waals surface area contributed by atoms with Crippen LogP contribution in [0.3, 0.4) is 0 Å². The lowest BCUT2D eigenvalue weighted by molar-refractivity contribution is -0.125. The monoisotopic (exact) mass is 264 g/mol. The number of hydrogen-bond donors (Lipinski definition) is 3. The second-order valence-electron chi connectivity index (χ2n) is 4.91. The van der Waals surface area contributed by atoms with Crippen LogP contribution in [0.5, 0.6) is 0 Å². The SMILES string of the molecule is CCCC(O)CNC(=O)C(C)C(N)c1ccccc1. The van der Waals surface area contributed by atoms with Crippen LogP contribution >= 0.6 is 0 Å². The van der Waals surface area contributed by atoms with Crippen molar-refractivity contribution >= 4 is 5.91 Å². The summed E-state index contributed by atoms with van der Waals surface area (Å²) in [5.41, 5.74) is 7.02. The fourth-order valence-electron chi connectivity index (χ4n) is 1.94. The summed E-state index contributed by atoms with van der Waals surface area (Å²) in [6.45, 7) is 4.09. The van der Waals surface area contributed by atoms with Crippen molar-refractivity contribution in [3.05, 3.63) is 35.9 Å². The van der Waals surface area contributed by atoms with E-state index in [-0.39, 0.29) is 17.9 Å². The lowest BCUT2D eigenvalue weighted by atomic mass is 9.94. The molecule has 0 spiro atoms. The summed E-state index contributed by atoms with van der Waals surface area (Å²) in [7, 11) is 0. The van der Waals surface area contributed by atoms with Crippen molar-refractivity contribution in [3.8, 4) is 0 Å². The molecule has 0 aromatic heterocycles. The van der Waals surface area contributed by atoms with Crippen LogP contribution in [-0.2, 0) is 4.79 Å². The van der Waals surface area contributed by atoms with Gasteiger partial charge in [0.2, 0.25) is 5.91 Å². The number of hydrogen-bond acceptors (Lipinski definition) is 3. The van der Waals surface area contributed by atoms with Crippen molar-refractivity contribution in [2.75, 3.05) is 6.54 Å². The van der Waals surface area contributed by atoms with Gasteiger partial charge in [-0.1, -0.05) is 50.6 Å². The molecule has 1 aromatic rings. The predicted molar refractivity (Wildman–Crippen MR) is 76.5 cm³/mol. The van der Waals surface area contributed by atoms with E-state index in [1.54, 1.807) is 6.92 Å². The molecule has 3 unspecified atom stereocenters. The zero-order chi connectivity index (χ0) is 14.3. The normalized spacial score (nSPS) is 15.6. The van der Waals surface area contributed by atoms with E-state index in [0.717, 1.165) is 12.0 Å². The Bertz CT molecular complexity index is 381. The van der Waals surface area contributed by atoms with Crippen LogP contribution in [0.2, 0.25) is 0 Å². The molecule has 0 bridgehead atoms. The zero-order valence-corrected chi connectivity index (χ0v) is 11.7. The van der Waals surface area contributed by atoms with Crippen LogP contribution in [0.15, 0.2) is 30.3 Å². The molecule has 1 aromatic carbocycles. The minimum atomic E-state index is -0.478. The summed E-state index contributed by atoms with van der Waals surface area (Å²) >= 11 is 0. The average molecular weight is 264 g/mol. The second kappa shape index (κ2) is 7.92. The standard InChI is InChI=1S/C15H24N2O2/c1-3-7-13(18)10-17-15(19)11(2)14(16)12-8-5-4-6-9-12/h4-6,8-9,11,13-14,18H,3,7,10,16H2,1-2H3,(H,17,19). The Labute approximate surface area is 115 Å². The van der Waals surface area contributed by atoms with Crippen LogP contribution in [-0.4, -0.2) is 23.7 Å². The number of aliphatic hydroxyl groups excluding tert-OH is 1. The number of carbonyl (C=O) groups excluding carboxylic acids is 1. The predicted octanol–water partition coefficient (Wildman–Crippen LogP) is 1.60. The molecule has 3 atom stereocenters. The van der Waals surface area contributed by atoms with Crippen molar-refractivity contribution in [2.45, 2.75) is 38.8 Å². The molecule has 0 aliphatic carbocycles. The van der Waals surface area contributed by atoms with Crippen LogP contribution < -0.4 is 11.1 Å². The highest BCUT2D eigenvalue weighted by molar-refractivity contribution is 5.79. The first-order chi connectivity index (χ1) is 9.06. The number of carbonyl (C=O) groups is 1. The summed E-state index contributed by atoms with van der Waals surface area (Å²) in [6.07, 6.45) is 1.12. The summed E-state index contributed by atoms with van der Waals surface area (Å²) in [5, 5.41) is 12.3. The van der Waals surface area contributed by atoms with Crippen molar-refractivity contribution in [2.24, 2.45) is 11.7 Å². The summed E-state index contributed by atoms with van der Waals surface area (Å²) in [4.78, 5) is 12.0. The number of rotatable bonds is 7. The summed E-state index contributed by atoms with van der Waals surface area (Å²) in [6, 6.07) is 9.24. The fraction of sp³-hybridized carbons (Fsp3) is 0.533. The molecule has 1 amide bonds. The zero-order valence-electron chi connectivity index (χ0n) is 11.7. The Morgan fingerprint density at radius 2 is 2.00 bits per heavy atom. The highest BCUT2D eigenvalue weighted by Crippen LogP contribution is 2.18. The van der Waals surface area contributed by atoms with E-state index in [1.165, 1.54) is 0 Å². The van der Waals surface area contributed by atoms with Crippen molar-refractivity contribution < 1.29 is 9.90 Å². The molecule has 0 fully saturated rings. The highest BCUT2D eigenvalue weighted by Gasteiger charge is 2.22. The molecule has 0 saturated carbocycles. The maximum Gasteiger partial charge on any atom is 0.224 e. The molecule has 4 N–H and O–H groups in total. The van der Waals surface area contributed by atoms with E-state index in [9.17, 15) is 9.90 Å². The molecule has 19 heavy (non-hydrogen) atoms. The Balaban J connectivity index is 2.48. The minimum absolute atomic E-state index is 0.119. The van der Waals surface area contributed by atoms with Crippen LogP contribution in [0.25, 0.3) is 0 Å². The third kappa shape index (κ3) is 5.01. The minimum Gasteiger partial charge on any atom is -0.391 e. The fourth-order valence-corrected chi connectivity index (χ4v) is 1.94. The van der Waals surface area contributed by atoms with Gasteiger partial charge >= 0.3 is 0 Å². The van der Waals surface area contributed by atoms with Gasteiger partial charge in [-0.2, -0.15) is 0 Å². The van der Waals surface area contributed by atoms with Gasteiger partial charge in [-0.3, -0.25) is 4.79 Å². The molecule has 0 heterocycles. The van der Waals surface area contributed by atoms with Gasteiger partial charge in [-0.25, -0.2) is 0 Å². The number of nitrogens with two attached hydrogens (primary N) is 1. The first-order valence-corrected chi connectivity index (χ1v) is 6.82. The van der Waals surface area contributed by atoms with Gasteiger partial charge in [0.05, 0.1) is 12.0 Å². The molecule has 4 heteroatoms. The molecule has 0 aliphatic rings. The first-order valence-electron chi connectivity index (χ1n) is 6.82. The molecule has 0 saturated heterocycles. The van der Waals surface area contributed by atoms with E-state index in [1.807, 2.05) is 37.3 Å². The van der Waals surface area contributed by atoms with Gasteiger partial charge < -0.3 is 16.2 Å². The number of benzene rings is 1. The maximum absolute atomic E-state index is 12.0. The molecule has 0 aliphatic heterocycles. The van der Waals surface area contributed by atoms with E-state index >= 15 is 0 Å². The van der Waals surface area contributed by atoms with Gasteiger partial charge in [0.1, 0.15) is 0 Å². The number of nitrogens with one attached hydrogen (secondary N) is 1. The maximum atomic E-state index is 12.0. The molecule has 1 rings (SSSR count). The lowest BCUT2D eigenvalue weighted by Gasteiger charge is -2.20. The quantitative estimate of drug-likeness (QED) is 0.700. The van der Waals surface area contributed by atoms with E-state index in [0.29, 0.717) is 13.0 Å². The van der Waals surface area contributed by atoms with Gasteiger partial charge in [-0.05, 0) is 12.0 Å². The highest BCUT2D eigenvalue weighted by atomic mass is 16.3. The first kappa shape index (κ1) is 15.7. The Kier molecular flexibility index (Phi) is 6.53. The Morgan fingerprint density at radius 3 is 2.58 bits per heavy atom. The number of aliphatic hydroxyl groups is 1. The van der Waals surface area contributed by atoms with Crippen molar-refractivity contribution in [1.82, 2.24) is 5.32 Å². The summed E-state index contributed by atoms with van der Waals surface area (Å²) in [5.74, 6) is -0.442. The van der Waals surface area contributed by atoms with Crippen LogP contribution in [0, 0.1) is 5.92 Å². The van der Waals surface area contributed by atoms with Gasteiger partial charge in [0.15, 0.2) is 0 Å². The third-order valence-corrected chi connectivity index (χ3v) is 3.27. The smallest absolute Gasteiger partial charge is 0.224 e. The molecular formula is C15H24N2O2. The van der Waals surface area contributed by atoms with E-state index in [4.69, 9.17) is 5.73 Å². The molecular weight excluding hydrogens is 240 g/mol. The van der Waals surface area contributed by atoms with Crippen LogP contribution in [0.4, 0.5) is 0 Å². The van der Waals surface area contributed by atoms with E-state index < -0.39 is 6.10 Å². The van der Waals surface area contributed by atoms with Gasteiger partial charge in [0.25, 0.3) is 0 Å². The number of amides is 1. The third-order valence-electron chi connectivity index (χ3n) is 3.27. The van der Waals surface area contributed by atoms with E-state index in [2.05, 4.69) is 5.32 Å². The summed E-state index contributed by atoms with van der Waals surface area (Å²) < 4.78 is 0.